The molecule has 3 rings (SSSR count). The molecule has 0 fully saturated rings. The summed E-state index contributed by atoms with van der Waals surface area (Å²) in [6.07, 6.45) is 1.01. The number of aromatic nitrogens is 2. The fourth-order valence-electron chi connectivity index (χ4n) is 2.22. The van der Waals surface area contributed by atoms with E-state index in [1.165, 1.54) is 5.56 Å². The molecule has 0 saturated heterocycles. The fraction of sp³-hybridized carbons (Fsp3) is 0.176. The van der Waals surface area contributed by atoms with Crippen LogP contribution in [-0.2, 0) is 6.42 Å². The van der Waals surface area contributed by atoms with E-state index >= 15 is 0 Å². The van der Waals surface area contributed by atoms with E-state index in [0.717, 1.165) is 28.6 Å². The number of hydrogen-bond donors (Lipinski definition) is 0. The molecule has 1 heterocycles. The van der Waals surface area contributed by atoms with Crippen LogP contribution in [0.5, 0.6) is 5.75 Å². The van der Waals surface area contributed by atoms with Crippen molar-refractivity contribution in [2.24, 2.45) is 0 Å². The lowest BCUT2D eigenvalue weighted by atomic mass is 10.1. The maximum atomic E-state index is 6.27. The van der Waals surface area contributed by atoms with E-state index in [2.05, 4.69) is 29.0 Å². The lowest BCUT2D eigenvalue weighted by Crippen LogP contribution is -1.93. The van der Waals surface area contributed by atoms with Gasteiger partial charge in [0.2, 0.25) is 0 Å². The second-order valence-electron chi connectivity index (χ2n) is 4.77. The molecular weight excluding hydrogens is 284 g/mol. The average Bonchev–Trinajstić information content (AvgIpc) is 2.54. The van der Waals surface area contributed by atoms with Gasteiger partial charge in [-0.15, -0.1) is 0 Å². The number of rotatable bonds is 3. The second kappa shape index (κ2) is 5.70. The van der Waals surface area contributed by atoms with E-state index in [1.807, 2.05) is 30.3 Å². The van der Waals surface area contributed by atoms with Crippen molar-refractivity contribution in [1.29, 1.82) is 0 Å². The highest BCUT2D eigenvalue weighted by atomic mass is 35.5. The molecule has 0 bridgehead atoms. The molecule has 0 N–H and O–H groups in total. The predicted molar refractivity (Wildman–Crippen MR) is 85.9 cm³/mol. The predicted octanol–water partition coefficient (Wildman–Crippen LogP) is 4.52. The van der Waals surface area contributed by atoms with Gasteiger partial charge < -0.3 is 4.74 Å². The molecule has 0 radical (unpaired) electrons. The minimum absolute atomic E-state index is 0.456. The molecular formula is C17H15ClN2O. The van der Waals surface area contributed by atoms with E-state index in [0.29, 0.717) is 11.0 Å². The van der Waals surface area contributed by atoms with E-state index in [9.17, 15) is 0 Å². The van der Waals surface area contributed by atoms with Crippen molar-refractivity contribution in [2.45, 2.75) is 13.3 Å². The Morgan fingerprint density at radius 1 is 1.05 bits per heavy atom. The summed E-state index contributed by atoms with van der Waals surface area (Å²) >= 11 is 6.27. The van der Waals surface area contributed by atoms with Gasteiger partial charge in [-0.2, -0.15) is 0 Å². The first-order valence-electron chi connectivity index (χ1n) is 6.82. The minimum Gasteiger partial charge on any atom is -0.497 e. The molecule has 3 nitrogen and oxygen atoms in total. The molecule has 0 atom stereocenters. The Labute approximate surface area is 128 Å². The normalized spacial score (nSPS) is 10.8. The number of fused-ring (bicyclic) bond motifs is 1. The lowest BCUT2D eigenvalue weighted by molar-refractivity contribution is 0.415. The zero-order chi connectivity index (χ0) is 14.8. The Morgan fingerprint density at radius 3 is 2.48 bits per heavy atom. The highest BCUT2D eigenvalue weighted by Crippen LogP contribution is 2.27. The van der Waals surface area contributed by atoms with Gasteiger partial charge in [0.25, 0.3) is 0 Å². The smallest absolute Gasteiger partial charge is 0.161 e. The van der Waals surface area contributed by atoms with E-state index in [4.69, 9.17) is 16.3 Å². The number of methoxy groups -OCH3 is 1. The van der Waals surface area contributed by atoms with E-state index in [-0.39, 0.29) is 0 Å². The number of hydrogen-bond acceptors (Lipinski definition) is 3. The number of nitrogens with zero attached hydrogens (tertiary/aromatic N) is 2. The molecule has 0 aliphatic carbocycles. The largest absolute Gasteiger partial charge is 0.497 e. The Morgan fingerprint density at radius 2 is 1.81 bits per heavy atom. The monoisotopic (exact) mass is 298 g/mol. The second-order valence-corrected chi connectivity index (χ2v) is 5.13. The summed E-state index contributed by atoms with van der Waals surface area (Å²) in [7, 11) is 1.63. The van der Waals surface area contributed by atoms with Gasteiger partial charge in [0, 0.05) is 17.0 Å². The topological polar surface area (TPSA) is 35.0 Å². The van der Waals surface area contributed by atoms with Crippen LogP contribution in [0.15, 0.2) is 42.5 Å². The van der Waals surface area contributed by atoms with Crippen LogP contribution in [0.1, 0.15) is 12.5 Å². The van der Waals surface area contributed by atoms with Gasteiger partial charge in [-0.1, -0.05) is 42.8 Å². The van der Waals surface area contributed by atoms with Gasteiger partial charge in [-0.05, 0) is 24.1 Å². The summed E-state index contributed by atoms with van der Waals surface area (Å²) in [5.74, 6) is 1.38. The molecule has 0 aliphatic rings. The maximum absolute atomic E-state index is 6.27. The van der Waals surface area contributed by atoms with Crippen LogP contribution in [0.3, 0.4) is 0 Å². The summed E-state index contributed by atoms with van der Waals surface area (Å²) in [6.45, 7) is 2.13. The summed E-state index contributed by atoms with van der Waals surface area (Å²) in [5, 5.41) is 1.28. The number of halogens is 1. The van der Waals surface area contributed by atoms with Crippen LogP contribution in [0, 0.1) is 0 Å². The number of benzene rings is 2. The van der Waals surface area contributed by atoms with Gasteiger partial charge in [0.1, 0.15) is 10.9 Å². The molecule has 0 aliphatic heterocycles. The Bertz CT molecular complexity index is 785. The molecule has 2 aromatic carbocycles. The first-order chi connectivity index (χ1) is 10.2. The fourth-order valence-corrected chi connectivity index (χ4v) is 2.46. The average molecular weight is 299 g/mol. The minimum atomic E-state index is 0.456. The van der Waals surface area contributed by atoms with E-state index < -0.39 is 0 Å². The van der Waals surface area contributed by atoms with Gasteiger partial charge in [0.05, 0.1) is 12.6 Å². The Balaban J connectivity index is 2.13. The third-order valence-electron chi connectivity index (χ3n) is 3.48. The molecule has 106 valence electrons. The van der Waals surface area contributed by atoms with Crippen LogP contribution >= 0.6 is 11.6 Å². The van der Waals surface area contributed by atoms with Crippen molar-refractivity contribution in [3.05, 3.63) is 53.2 Å². The summed E-state index contributed by atoms with van der Waals surface area (Å²) in [4.78, 5) is 8.99. The van der Waals surface area contributed by atoms with Crippen molar-refractivity contribution >= 4 is 22.5 Å². The molecule has 3 aromatic rings. The first-order valence-corrected chi connectivity index (χ1v) is 7.19. The number of aryl methyl sites for hydroxylation is 1. The van der Waals surface area contributed by atoms with Gasteiger partial charge in [-0.3, -0.25) is 0 Å². The van der Waals surface area contributed by atoms with Crippen LogP contribution in [0.25, 0.3) is 22.3 Å². The molecule has 0 unspecified atom stereocenters. The van der Waals surface area contributed by atoms with Gasteiger partial charge in [-0.25, -0.2) is 9.97 Å². The Kier molecular flexibility index (Phi) is 3.76. The lowest BCUT2D eigenvalue weighted by Gasteiger charge is -2.07. The van der Waals surface area contributed by atoms with Crippen molar-refractivity contribution in [3.63, 3.8) is 0 Å². The Hall–Kier alpha value is -2.13. The van der Waals surface area contributed by atoms with Gasteiger partial charge in [0.15, 0.2) is 5.82 Å². The van der Waals surface area contributed by atoms with E-state index in [1.54, 1.807) is 7.11 Å². The third kappa shape index (κ3) is 2.69. The number of ether oxygens (including phenoxy) is 1. The summed E-state index contributed by atoms with van der Waals surface area (Å²) < 4.78 is 5.23. The molecule has 4 heteroatoms. The summed E-state index contributed by atoms with van der Waals surface area (Å²) in [6, 6.07) is 13.8. The van der Waals surface area contributed by atoms with Crippen LogP contribution in [-0.4, -0.2) is 17.1 Å². The van der Waals surface area contributed by atoms with Crippen molar-refractivity contribution in [1.82, 2.24) is 9.97 Å². The summed E-state index contributed by atoms with van der Waals surface area (Å²) in [5.41, 5.74) is 3.02. The van der Waals surface area contributed by atoms with Crippen molar-refractivity contribution < 1.29 is 4.74 Å². The van der Waals surface area contributed by atoms with Crippen LogP contribution < -0.4 is 4.74 Å². The van der Waals surface area contributed by atoms with Crippen molar-refractivity contribution in [3.8, 4) is 17.1 Å². The highest BCUT2D eigenvalue weighted by molar-refractivity contribution is 6.34. The van der Waals surface area contributed by atoms with Crippen molar-refractivity contribution in [2.75, 3.05) is 7.11 Å². The SMILES string of the molecule is CCc1ccc(-c2nc(Cl)c3ccc(OC)cc3n2)cc1. The van der Waals surface area contributed by atoms with Crippen LogP contribution in [0.4, 0.5) is 0 Å². The molecule has 21 heavy (non-hydrogen) atoms. The standard InChI is InChI=1S/C17H15ClN2O/c1-3-11-4-6-12(7-5-11)17-19-15-10-13(21-2)8-9-14(15)16(18)20-17/h4-10H,3H2,1-2H3. The quantitative estimate of drug-likeness (QED) is 0.667. The molecule has 0 amide bonds. The van der Waals surface area contributed by atoms with Gasteiger partial charge >= 0.3 is 0 Å². The maximum Gasteiger partial charge on any atom is 0.161 e. The van der Waals surface area contributed by atoms with Crippen LogP contribution in [0.2, 0.25) is 5.15 Å². The zero-order valence-electron chi connectivity index (χ0n) is 11.9. The first kappa shape index (κ1) is 13.8. The third-order valence-corrected chi connectivity index (χ3v) is 3.77. The highest BCUT2D eigenvalue weighted by Gasteiger charge is 2.09. The zero-order valence-corrected chi connectivity index (χ0v) is 12.7. The molecule has 0 spiro atoms. The molecule has 1 aromatic heterocycles. The molecule has 0 saturated carbocycles.